The highest BCUT2D eigenvalue weighted by molar-refractivity contribution is 5.06. The molecule has 0 amide bonds. The molecular formula is C11H16N2O. The molecule has 1 N–H and O–H groups in total. The summed E-state index contributed by atoms with van der Waals surface area (Å²) in [6.07, 6.45) is 6.39. The first kappa shape index (κ1) is 9.44. The molecule has 1 aliphatic rings. The van der Waals surface area contributed by atoms with E-state index in [-0.39, 0.29) is 5.56 Å². The van der Waals surface area contributed by atoms with Crippen LogP contribution in [0.1, 0.15) is 44.2 Å². The summed E-state index contributed by atoms with van der Waals surface area (Å²) in [4.78, 5) is 17.9. The highest BCUT2D eigenvalue weighted by atomic mass is 16.1. The summed E-state index contributed by atoms with van der Waals surface area (Å²) in [5.41, 5.74) is 0.939. The molecular weight excluding hydrogens is 176 g/mol. The number of nitrogens with one attached hydrogen (secondary N) is 1. The number of nitrogens with zero attached hydrogens (tertiary/aromatic N) is 1. The Morgan fingerprint density at radius 1 is 1.36 bits per heavy atom. The van der Waals surface area contributed by atoms with Crippen LogP contribution in [-0.2, 0) is 0 Å². The molecule has 14 heavy (non-hydrogen) atoms. The summed E-state index contributed by atoms with van der Waals surface area (Å²) in [7, 11) is 0. The summed E-state index contributed by atoms with van der Waals surface area (Å²) >= 11 is 0. The standard InChI is InChI=1S/C11H16N2O/c1-8-2-4-9(5-3-8)10-6-11(14)13-7-12-10/h6-9H,2-5H2,1H3,(H,12,13,14). The molecule has 76 valence electrons. The molecule has 3 nitrogen and oxygen atoms in total. The maximum absolute atomic E-state index is 11.1. The van der Waals surface area contributed by atoms with E-state index in [1.165, 1.54) is 32.0 Å². The third-order valence-electron chi connectivity index (χ3n) is 3.13. The molecule has 1 saturated carbocycles. The summed E-state index contributed by atoms with van der Waals surface area (Å²) < 4.78 is 0. The molecule has 0 bridgehead atoms. The first-order valence-corrected chi connectivity index (χ1v) is 5.30. The van der Waals surface area contributed by atoms with Crippen molar-refractivity contribution >= 4 is 0 Å². The van der Waals surface area contributed by atoms with Crippen LogP contribution in [0.2, 0.25) is 0 Å². The van der Waals surface area contributed by atoms with Crippen LogP contribution in [0.15, 0.2) is 17.2 Å². The quantitative estimate of drug-likeness (QED) is 0.740. The van der Waals surface area contributed by atoms with Crippen molar-refractivity contribution in [3.63, 3.8) is 0 Å². The Kier molecular flexibility index (Phi) is 2.66. The molecule has 0 atom stereocenters. The van der Waals surface area contributed by atoms with Crippen molar-refractivity contribution in [2.45, 2.75) is 38.5 Å². The zero-order valence-corrected chi connectivity index (χ0v) is 8.49. The van der Waals surface area contributed by atoms with E-state index >= 15 is 0 Å². The van der Waals surface area contributed by atoms with Crippen molar-refractivity contribution in [3.8, 4) is 0 Å². The lowest BCUT2D eigenvalue weighted by molar-refractivity contribution is 0.343. The zero-order valence-electron chi connectivity index (χ0n) is 8.49. The Hall–Kier alpha value is -1.12. The minimum absolute atomic E-state index is 0.0337. The molecule has 3 heteroatoms. The second-order valence-electron chi connectivity index (χ2n) is 4.29. The second-order valence-corrected chi connectivity index (χ2v) is 4.29. The van der Waals surface area contributed by atoms with Gasteiger partial charge in [-0.05, 0) is 18.8 Å². The fraction of sp³-hybridized carbons (Fsp3) is 0.636. The zero-order chi connectivity index (χ0) is 9.97. The molecule has 1 aromatic heterocycles. The summed E-state index contributed by atoms with van der Waals surface area (Å²) in [5.74, 6) is 1.35. The van der Waals surface area contributed by atoms with Crippen LogP contribution in [0, 0.1) is 5.92 Å². The van der Waals surface area contributed by atoms with Crippen LogP contribution in [0.4, 0.5) is 0 Å². The van der Waals surface area contributed by atoms with Gasteiger partial charge in [0.15, 0.2) is 0 Å². The summed E-state index contributed by atoms with van der Waals surface area (Å²) in [5, 5.41) is 0. The Balaban J connectivity index is 2.12. The predicted molar refractivity (Wildman–Crippen MR) is 55.2 cm³/mol. The van der Waals surface area contributed by atoms with Crippen molar-refractivity contribution in [1.29, 1.82) is 0 Å². The summed E-state index contributed by atoms with van der Waals surface area (Å²) in [6.45, 7) is 2.29. The fourth-order valence-corrected chi connectivity index (χ4v) is 2.16. The lowest BCUT2D eigenvalue weighted by atomic mass is 9.81. The van der Waals surface area contributed by atoms with Gasteiger partial charge in [-0.15, -0.1) is 0 Å². The van der Waals surface area contributed by atoms with E-state index < -0.39 is 0 Å². The van der Waals surface area contributed by atoms with Crippen LogP contribution in [-0.4, -0.2) is 9.97 Å². The van der Waals surface area contributed by atoms with Crippen LogP contribution < -0.4 is 5.56 Å². The van der Waals surface area contributed by atoms with Gasteiger partial charge in [0.25, 0.3) is 5.56 Å². The van der Waals surface area contributed by atoms with Crippen LogP contribution in [0.5, 0.6) is 0 Å². The first-order chi connectivity index (χ1) is 6.75. The van der Waals surface area contributed by atoms with E-state index in [4.69, 9.17) is 0 Å². The van der Waals surface area contributed by atoms with Crippen molar-refractivity contribution in [2.24, 2.45) is 5.92 Å². The SMILES string of the molecule is CC1CCC(c2cc(=O)[nH]cn2)CC1. The van der Waals surface area contributed by atoms with E-state index in [9.17, 15) is 4.79 Å². The molecule has 1 aromatic rings. The number of hydrogen-bond donors (Lipinski definition) is 1. The Morgan fingerprint density at radius 2 is 2.07 bits per heavy atom. The van der Waals surface area contributed by atoms with Gasteiger partial charge in [-0.2, -0.15) is 0 Å². The molecule has 0 spiro atoms. The van der Waals surface area contributed by atoms with E-state index in [0.29, 0.717) is 5.92 Å². The third-order valence-corrected chi connectivity index (χ3v) is 3.13. The Bertz CT molecular complexity index is 350. The van der Waals surface area contributed by atoms with Crippen LogP contribution >= 0.6 is 0 Å². The number of aromatic nitrogens is 2. The number of hydrogen-bond acceptors (Lipinski definition) is 2. The largest absolute Gasteiger partial charge is 0.313 e. The highest BCUT2D eigenvalue weighted by Crippen LogP contribution is 2.33. The van der Waals surface area contributed by atoms with Gasteiger partial charge < -0.3 is 4.98 Å². The first-order valence-electron chi connectivity index (χ1n) is 5.30. The number of rotatable bonds is 1. The van der Waals surface area contributed by atoms with E-state index in [2.05, 4.69) is 16.9 Å². The fourth-order valence-electron chi connectivity index (χ4n) is 2.16. The van der Waals surface area contributed by atoms with E-state index in [1.54, 1.807) is 6.07 Å². The van der Waals surface area contributed by atoms with Gasteiger partial charge in [0.1, 0.15) is 0 Å². The second kappa shape index (κ2) is 3.95. The van der Waals surface area contributed by atoms with Gasteiger partial charge in [-0.25, -0.2) is 4.98 Å². The monoisotopic (exact) mass is 192 g/mol. The molecule has 0 aromatic carbocycles. The van der Waals surface area contributed by atoms with Crippen molar-refractivity contribution in [1.82, 2.24) is 9.97 Å². The molecule has 1 heterocycles. The minimum atomic E-state index is -0.0337. The number of H-pyrrole nitrogens is 1. The molecule has 0 unspecified atom stereocenters. The smallest absolute Gasteiger partial charge is 0.250 e. The van der Waals surface area contributed by atoms with E-state index in [0.717, 1.165) is 11.6 Å². The average molecular weight is 192 g/mol. The highest BCUT2D eigenvalue weighted by Gasteiger charge is 2.20. The minimum Gasteiger partial charge on any atom is -0.313 e. The topological polar surface area (TPSA) is 45.8 Å². The maximum atomic E-state index is 11.1. The Morgan fingerprint density at radius 3 is 2.71 bits per heavy atom. The molecule has 1 fully saturated rings. The average Bonchev–Trinajstić information content (AvgIpc) is 2.19. The van der Waals surface area contributed by atoms with Crippen molar-refractivity contribution in [3.05, 3.63) is 28.4 Å². The summed E-state index contributed by atoms with van der Waals surface area (Å²) in [6, 6.07) is 1.64. The van der Waals surface area contributed by atoms with Gasteiger partial charge in [0, 0.05) is 12.0 Å². The van der Waals surface area contributed by atoms with Crippen LogP contribution in [0.3, 0.4) is 0 Å². The van der Waals surface area contributed by atoms with Crippen LogP contribution in [0.25, 0.3) is 0 Å². The van der Waals surface area contributed by atoms with Crippen molar-refractivity contribution in [2.75, 3.05) is 0 Å². The third kappa shape index (κ3) is 2.03. The van der Waals surface area contributed by atoms with Gasteiger partial charge >= 0.3 is 0 Å². The van der Waals surface area contributed by atoms with Crippen molar-refractivity contribution < 1.29 is 0 Å². The van der Waals surface area contributed by atoms with Gasteiger partial charge in [-0.3, -0.25) is 4.79 Å². The number of aromatic amines is 1. The lowest BCUT2D eigenvalue weighted by Gasteiger charge is -2.25. The lowest BCUT2D eigenvalue weighted by Crippen LogP contribution is -2.15. The van der Waals surface area contributed by atoms with E-state index in [1.807, 2.05) is 0 Å². The van der Waals surface area contributed by atoms with Gasteiger partial charge in [0.05, 0.1) is 12.0 Å². The Labute approximate surface area is 83.6 Å². The molecule has 0 saturated heterocycles. The normalized spacial score (nSPS) is 27.5. The maximum Gasteiger partial charge on any atom is 0.250 e. The molecule has 1 aliphatic carbocycles. The van der Waals surface area contributed by atoms with Gasteiger partial charge in [0.2, 0.25) is 0 Å². The van der Waals surface area contributed by atoms with Gasteiger partial charge in [-0.1, -0.05) is 19.8 Å². The molecule has 0 aliphatic heterocycles. The molecule has 2 rings (SSSR count). The predicted octanol–water partition coefficient (Wildman–Crippen LogP) is 2.06. The molecule has 0 radical (unpaired) electrons.